The molecule has 0 atom stereocenters. The Morgan fingerprint density at radius 2 is 2.06 bits per heavy atom. The highest BCUT2D eigenvalue weighted by atomic mass is 15.1. The van der Waals surface area contributed by atoms with Gasteiger partial charge in [0.15, 0.2) is 0 Å². The van der Waals surface area contributed by atoms with E-state index < -0.39 is 0 Å². The minimum atomic E-state index is 0.542. The summed E-state index contributed by atoms with van der Waals surface area (Å²) in [5.74, 6) is 0. The van der Waals surface area contributed by atoms with Crippen LogP contribution < -0.4 is 5.32 Å². The number of nitrogens with zero attached hydrogens (tertiary/aromatic N) is 1. The van der Waals surface area contributed by atoms with E-state index in [0.29, 0.717) is 6.04 Å². The Labute approximate surface area is 112 Å². The fourth-order valence-corrected chi connectivity index (χ4v) is 1.97. The fourth-order valence-electron chi connectivity index (χ4n) is 1.97. The summed E-state index contributed by atoms with van der Waals surface area (Å²) in [7, 11) is 0. The van der Waals surface area contributed by atoms with Gasteiger partial charge in [-0.3, -0.25) is 4.90 Å². The first-order valence-electron chi connectivity index (χ1n) is 6.80. The van der Waals surface area contributed by atoms with Crippen LogP contribution in [0, 0.1) is 0 Å². The molecular formula is C16H26N2. The van der Waals surface area contributed by atoms with E-state index in [1.807, 2.05) is 6.08 Å². The summed E-state index contributed by atoms with van der Waals surface area (Å²) < 4.78 is 0. The number of hydrogen-bond donors (Lipinski definition) is 1. The summed E-state index contributed by atoms with van der Waals surface area (Å²) in [6.45, 7) is 14.3. The maximum Gasteiger partial charge on any atom is 0.0239 e. The molecule has 0 spiro atoms. The van der Waals surface area contributed by atoms with Crippen molar-refractivity contribution in [1.29, 1.82) is 0 Å². The molecule has 0 aliphatic carbocycles. The summed E-state index contributed by atoms with van der Waals surface area (Å²) in [4.78, 5) is 2.42. The second-order valence-electron chi connectivity index (χ2n) is 4.91. The van der Waals surface area contributed by atoms with Gasteiger partial charge in [-0.2, -0.15) is 0 Å². The fraction of sp³-hybridized carbons (Fsp3) is 0.500. The second kappa shape index (κ2) is 8.06. The predicted molar refractivity (Wildman–Crippen MR) is 79.6 cm³/mol. The smallest absolute Gasteiger partial charge is 0.0239 e. The number of rotatable bonds is 8. The summed E-state index contributed by atoms with van der Waals surface area (Å²) in [5, 5.41) is 3.36. The van der Waals surface area contributed by atoms with Crippen LogP contribution in [0.3, 0.4) is 0 Å². The van der Waals surface area contributed by atoms with E-state index in [2.05, 4.69) is 61.8 Å². The van der Waals surface area contributed by atoms with Crippen LogP contribution in [0.5, 0.6) is 0 Å². The van der Waals surface area contributed by atoms with Crippen molar-refractivity contribution >= 4 is 0 Å². The highest BCUT2D eigenvalue weighted by Crippen LogP contribution is 2.10. The van der Waals surface area contributed by atoms with Crippen molar-refractivity contribution in [3.05, 3.63) is 48.0 Å². The maximum absolute atomic E-state index is 3.83. The second-order valence-corrected chi connectivity index (χ2v) is 4.91. The molecule has 1 aromatic rings. The van der Waals surface area contributed by atoms with Gasteiger partial charge in [-0.1, -0.05) is 37.3 Å². The SMILES string of the molecule is C=CCN(Cc1cccc(CNCC)c1)C(C)C. The lowest BCUT2D eigenvalue weighted by Crippen LogP contribution is -2.30. The molecule has 0 aromatic heterocycles. The van der Waals surface area contributed by atoms with E-state index in [9.17, 15) is 0 Å². The van der Waals surface area contributed by atoms with Crippen LogP contribution in [0.2, 0.25) is 0 Å². The molecule has 0 saturated heterocycles. The highest BCUT2D eigenvalue weighted by Gasteiger charge is 2.08. The molecule has 0 heterocycles. The van der Waals surface area contributed by atoms with Crippen molar-refractivity contribution in [2.45, 2.75) is 39.9 Å². The van der Waals surface area contributed by atoms with E-state index in [0.717, 1.165) is 26.2 Å². The normalized spacial score (nSPS) is 11.2. The average Bonchev–Trinajstić information content (AvgIpc) is 2.36. The lowest BCUT2D eigenvalue weighted by Gasteiger charge is -2.25. The molecule has 2 heteroatoms. The van der Waals surface area contributed by atoms with E-state index >= 15 is 0 Å². The zero-order valence-electron chi connectivity index (χ0n) is 11.9. The molecule has 1 aromatic carbocycles. The van der Waals surface area contributed by atoms with Crippen LogP contribution >= 0.6 is 0 Å². The number of benzene rings is 1. The van der Waals surface area contributed by atoms with Crippen molar-refractivity contribution in [1.82, 2.24) is 10.2 Å². The summed E-state index contributed by atoms with van der Waals surface area (Å²) in [5.41, 5.74) is 2.73. The molecule has 0 saturated carbocycles. The summed E-state index contributed by atoms with van der Waals surface area (Å²) in [6.07, 6.45) is 1.97. The monoisotopic (exact) mass is 246 g/mol. The standard InChI is InChI=1S/C16H26N2/c1-5-10-18(14(3)4)13-16-9-7-8-15(11-16)12-17-6-2/h5,7-9,11,14,17H,1,6,10,12-13H2,2-4H3. The Hall–Kier alpha value is -1.12. The molecule has 0 fully saturated rings. The lowest BCUT2D eigenvalue weighted by atomic mass is 10.1. The largest absolute Gasteiger partial charge is 0.313 e. The van der Waals surface area contributed by atoms with Gasteiger partial charge in [0.1, 0.15) is 0 Å². The van der Waals surface area contributed by atoms with Crippen molar-refractivity contribution in [2.24, 2.45) is 0 Å². The molecule has 0 bridgehead atoms. The Balaban J connectivity index is 2.67. The molecule has 1 rings (SSSR count). The van der Waals surface area contributed by atoms with E-state index in [1.54, 1.807) is 0 Å². The van der Waals surface area contributed by atoms with Gasteiger partial charge < -0.3 is 5.32 Å². The first-order valence-corrected chi connectivity index (χ1v) is 6.80. The lowest BCUT2D eigenvalue weighted by molar-refractivity contribution is 0.237. The van der Waals surface area contributed by atoms with Gasteiger partial charge in [-0.05, 0) is 31.5 Å². The summed E-state index contributed by atoms with van der Waals surface area (Å²) in [6, 6.07) is 9.36. The third-order valence-electron chi connectivity index (χ3n) is 3.05. The minimum Gasteiger partial charge on any atom is -0.313 e. The van der Waals surface area contributed by atoms with Gasteiger partial charge in [0.05, 0.1) is 0 Å². The van der Waals surface area contributed by atoms with Crippen LogP contribution in [-0.2, 0) is 13.1 Å². The third-order valence-corrected chi connectivity index (χ3v) is 3.05. The Morgan fingerprint density at radius 1 is 1.33 bits per heavy atom. The van der Waals surface area contributed by atoms with E-state index in [4.69, 9.17) is 0 Å². The average molecular weight is 246 g/mol. The zero-order valence-corrected chi connectivity index (χ0v) is 11.9. The Bertz CT molecular complexity index is 358. The van der Waals surface area contributed by atoms with Crippen LogP contribution in [0.15, 0.2) is 36.9 Å². The highest BCUT2D eigenvalue weighted by molar-refractivity contribution is 5.23. The van der Waals surface area contributed by atoms with Gasteiger partial charge in [0.2, 0.25) is 0 Å². The quantitative estimate of drug-likeness (QED) is 0.709. The zero-order chi connectivity index (χ0) is 13.4. The van der Waals surface area contributed by atoms with Crippen molar-refractivity contribution < 1.29 is 0 Å². The maximum atomic E-state index is 3.83. The molecule has 0 radical (unpaired) electrons. The molecule has 1 N–H and O–H groups in total. The molecule has 18 heavy (non-hydrogen) atoms. The third kappa shape index (κ3) is 5.03. The molecule has 0 aliphatic rings. The number of nitrogens with one attached hydrogen (secondary N) is 1. The molecule has 0 aliphatic heterocycles. The van der Waals surface area contributed by atoms with E-state index in [-0.39, 0.29) is 0 Å². The Morgan fingerprint density at radius 3 is 2.67 bits per heavy atom. The molecular weight excluding hydrogens is 220 g/mol. The van der Waals surface area contributed by atoms with Gasteiger partial charge in [0.25, 0.3) is 0 Å². The molecule has 2 nitrogen and oxygen atoms in total. The van der Waals surface area contributed by atoms with Gasteiger partial charge in [-0.25, -0.2) is 0 Å². The molecule has 100 valence electrons. The van der Waals surface area contributed by atoms with Gasteiger partial charge in [-0.15, -0.1) is 6.58 Å². The van der Waals surface area contributed by atoms with Crippen molar-refractivity contribution in [3.63, 3.8) is 0 Å². The predicted octanol–water partition coefficient (Wildman–Crippen LogP) is 3.19. The van der Waals surface area contributed by atoms with E-state index in [1.165, 1.54) is 11.1 Å². The Kier molecular flexibility index (Phi) is 6.69. The summed E-state index contributed by atoms with van der Waals surface area (Å²) >= 11 is 0. The van der Waals surface area contributed by atoms with Crippen LogP contribution in [0.1, 0.15) is 31.9 Å². The molecule has 0 unspecified atom stereocenters. The molecule has 0 amide bonds. The van der Waals surface area contributed by atoms with Crippen LogP contribution in [0.4, 0.5) is 0 Å². The van der Waals surface area contributed by atoms with Gasteiger partial charge >= 0.3 is 0 Å². The number of hydrogen-bond acceptors (Lipinski definition) is 2. The van der Waals surface area contributed by atoms with Gasteiger partial charge in [0, 0.05) is 25.7 Å². The van der Waals surface area contributed by atoms with Crippen molar-refractivity contribution in [3.8, 4) is 0 Å². The van der Waals surface area contributed by atoms with Crippen LogP contribution in [0.25, 0.3) is 0 Å². The first-order chi connectivity index (χ1) is 8.67. The minimum absolute atomic E-state index is 0.542. The first kappa shape index (κ1) is 14.9. The van der Waals surface area contributed by atoms with Crippen LogP contribution in [-0.4, -0.2) is 24.0 Å². The van der Waals surface area contributed by atoms with Crippen molar-refractivity contribution in [2.75, 3.05) is 13.1 Å². The topological polar surface area (TPSA) is 15.3 Å².